The number of nitriles is 1. The van der Waals surface area contributed by atoms with Crippen LogP contribution in [0.3, 0.4) is 0 Å². The molecular weight excluding hydrogens is 350 g/mol. The van der Waals surface area contributed by atoms with Gasteiger partial charge in [-0.15, -0.1) is 0 Å². The van der Waals surface area contributed by atoms with Gasteiger partial charge in [-0.25, -0.2) is 5.43 Å². The number of carbonyl (C=O) groups excluding carboxylic acids is 1. The van der Waals surface area contributed by atoms with Crippen LogP contribution in [0.15, 0.2) is 41.5 Å². The smallest absolute Gasteiger partial charge is 0.277 e. The van der Waals surface area contributed by atoms with Crippen molar-refractivity contribution in [2.24, 2.45) is 5.10 Å². The Morgan fingerprint density at radius 2 is 1.78 bits per heavy atom. The van der Waals surface area contributed by atoms with Crippen molar-refractivity contribution in [2.75, 3.05) is 27.9 Å². The van der Waals surface area contributed by atoms with Crippen molar-refractivity contribution in [3.8, 4) is 29.1 Å². The third-order valence-electron chi connectivity index (χ3n) is 3.50. The summed E-state index contributed by atoms with van der Waals surface area (Å²) in [7, 11) is 4.54. The maximum absolute atomic E-state index is 11.9. The first kappa shape index (κ1) is 19.6. The Morgan fingerprint density at radius 1 is 1.11 bits per heavy atom. The lowest BCUT2D eigenvalue weighted by Gasteiger charge is -2.12. The first-order valence-corrected chi connectivity index (χ1v) is 7.86. The zero-order chi connectivity index (χ0) is 19.6. The fraction of sp³-hybridized carbons (Fsp3) is 0.211. The van der Waals surface area contributed by atoms with E-state index in [0.29, 0.717) is 34.1 Å². The molecule has 0 spiro atoms. The lowest BCUT2D eigenvalue weighted by molar-refractivity contribution is -0.123. The molecule has 0 unspecified atom stereocenters. The lowest BCUT2D eigenvalue weighted by atomic mass is 10.2. The fourth-order valence-electron chi connectivity index (χ4n) is 2.19. The zero-order valence-corrected chi connectivity index (χ0v) is 15.2. The molecule has 1 amide bonds. The molecule has 0 aliphatic rings. The molecule has 0 aromatic heterocycles. The van der Waals surface area contributed by atoms with Gasteiger partial charge in [0.1, 0.15) is 29.1 Å². The van der Waals surface area contributed by atoms with Crippen LogP contribution in [-0.2, 0) is 4.79 Å². The van der Waals surface area contributed by atoms with E-state index in [1.54, 1.807) is 36.4 Å². The van der Waals surface area contributed by atoms with Gasteiger partial charge in [0, 0.05) is 12.1 Å². The summed E-state index contributed by atoms with van der Waals surface area (Å²) in [4.78, 5) is 11.9. The molecule has 0 aliphatic heterocycles. The van der Waals surface area contributed by atoms with Gasteiger partial charge in [-0.3, -0.25) is 4.79 Å². The molecule has 8 heteroatoms. The SMILES string of the molecule is COc1cc(OC)c(/C=N/NC(=O)COc2ccccc2C#N)c(OC)c1. The molecule has 0 heterocycles. The van der Waals surface area contributed by atoms with Crippen LogP contribution in [-0.4, -0.2) is 40.1 Å². The number of para-hydroxylation sites is 1. The molecule has 140 valence electrons. The molecule has 0 saturated carbocycles. The van der Waals surface area contributed by atoms with E-state index >= 15 is 0 Å². The van der Waals surface area contributed by atoms with Crippen molar-refractivity contribution in [1.82, 2.24) is 5.43 Å². The van der Waals surface area contributed by atoms with Gasteiger partial charge in [-0.2, -0.15) is 10.4 Å². The van der Waals surface area contributed by atoms with Crippen LogP contribution in [0.25, 0.3) is 0 Å². The van der Waals surface area contributed by atoms with Crippen molar-refractivity contribution in [3.63, 3.8) is 0 Å². The van der Waals surface area contributed by atoms with Gasteiger partial charge in [0.05, 0.1) is 38.7 Å². The Bertz CT molecular complexity index is 849. The molecule has 2 aromatic rings. The van der Waals surface area contributed by atoms with E-state index in [4.69, 9.17) is 24.2 Å². The number of carbonyl (C=O) groups is 1. The van der Waals surface area contributed by atoms with Crippen LogP contribution in [0.4, 0.5) is 0 Å². The van der Waals surface area contributed by atoms with Crippen LogP contribution in [0.1, 0.15) is 11.1 Å². The van der Waals surface area contributed by atoms with E-state index in [-0.39, 0.29) is 6.61 Å². The molecule has 0 fully saturated rings. The van der Waals surface area contributed by atoms with Crippen LogP contribution >= 0.6 is 0 Å². The van der Waals surface area contributed by atoms with E-state index in [1.807, 2.05) is 6.07 Å². The Balaban J connectivity index is 2.02. The highest BCUT2D eigenvalue weighted by atomic mass is 16.5. The molecule has 8 nitrogen and oxygen atoms in total. The number of ether oxygens (including phenoxy) is 4. The molecule has 0 aliphatic carbocycles. The molecule has 2 aromatic carbocycles. The number of methoxy groups -OCH3 is 3. The first-order chi connectivity index (χ1) is 13.1. The Hall–Kier alpha value is -3.73. The topological polar surface area (TPSA) is 102 Å². The predicted octanol–water partition coefficient (Wildman–Crippen LogP) is 2.11. The van der Waals surface area contributed by atoms with Crippen molar-refractivity contribution in [2.45, 2.75) is 0 Å². The van der Waals surface area contributed by atoms with E-state index in [1.165, 1.54) is 27.5 Å². The molecule has 0 radical (unpaired) electrons. The number of hydrogen-bond donors (Lipinski definition) is 1. The summed E-state index contributed by atoms with van der Waals surface area (Å²) >= 11 is 0. The van der Waals surface area contributed by atoms with Gasteiger partial charge in [-0.1, -0.05) is 12.1 Å². The largest absolute Gasteiger partial charge is 0.496 e. The number of hydrazone groups is 1. The van der Waals surface area contributed by atoms with Crippen LogP contribution in [0.2, 0.25) is 0 Å². The minimum atomic E-state index is -0.481. The predicted molar refractivity (Wildman–Crippen MR) is 98.5 cm³/mol. The summed E-state index contributed by atoms with van der Waals surface area (Å²) in [5, 5.41) is 12.9. The second-order valence-electron chi connectivity index (χ2n) is 5.14. The Kier molecular flexibility index (Phi) is 7.02. The summed E-state index contributed by atoms with van der Waals surface area (Å²) in [6.07, 6.45) is 1.40. The number of nitrogens with one attached hydrogen (secondary N) is 1. The average molecular weight is 369 g/mol. The normalized spacial score (nSPS) is 10.1. The highest BCUT2D eigenvalue weighted by Gasteiger charge is 2.12. The maximum atomic E-state index is 11.9. The monoisotopic (exact) mass is 369 g/mol. The number of nitrogens with zero attached hydrogens (tertiary/aromatic N) is 2. The summed E-state index contributed by atoms with van der Waals surface area (Å²) in [5.41, 5.74) is 3.24. The quantitative estimate of drug-likeness (QED) is 0.565. The number of benzene rings is 2. The van der Waals surface area contributed by atoms with Crippen LogP contribution in [0, 0.1) is 11.3 Å². The van der Waals surface area contributed by atoms with Gasteiger partial charge in [0.2, 0.25) is 0 Å². The highest BCUT2D eigenvalue weighted by Crippen LogP contribution is 2.32. The second kappa shape index (κ2) is 9.68. The van der Waals surface area contributed by atoms with Gasteiger partial charge in [-0.05, 0) is 12.1 Å². The van der Waals surface area contributed by atoms with E-state index in [0.717, 1.165) is 0 Å². The van der Waals surface area contributed by atoms with E-state index in [2.05, 4.69) is 10.5 Å². The number of amides is 1. The van der Waals surface area contributed by atoms with Crippen molar-refractivity contribution in [3.05, 3.63) is 47.5 Å². The Labute approximate surface area is 156 Å². The third-order valence-corrected chi connectivity index (χ3v) is 3.50. The zero-order valence-electron chi connectivity index (χ0n) is 15.2. The average Bonchev–Trinajstić information content (AvgIpc) is 2.72. The molecule has 0 bridgehead atoms. The third kappa shape index (κ3) is 5.12. The van der Waals surface area contributed by atoms with Crippen molar-refractivity contribution < 1.29 is 23.7 Å². The molecule has 2 rings (SSSR count). The summed E-state index contributed by atoms with van der Waals surface area (Å²) in [6, 6.07) is 12.0. The Morgan fingerprint density at radius 3 is 2.37 bits per heavy atom. The summed E-state index contributed by atoms with van der Waals surface area (Å²) in [5.74, 6) is 1.37. The van der Waals surface area contributed by atoms with Crippen molar-refractivity contribution >= 4 is 12.1 Å². The summed E-state index contributed by atoms with van der Waals surface area (Å²) < 4.78 is 21.1. The fourth-order valence-corrected chi connectivity index (χ4v) is 2.19. The minimum absolute atomic E-state index is 0.285. The highest BCUT2D eigenvalue weighted by molar-refractivity contribution is 5.89. The standard InChI is InChI=1S/C19H19N3O5/c1-24-14-8-17(25-2)15(18(9-14)26-3)11-21-22-19(23)12-27-16-7-5-4-6-13(16)10-20/h4-9,11H,12H2,1-3H3,(H,22,23)/b21-11+. The molecule has 27 heavy (non-hydrogen) atoms. The molecular formula is C19H19N3O5. The van der Waals surface area contributed by atoms with E-state index < -0.39 is 5.91 Å². The number of hydrogen-bond acceptors (Lipinski definition) is 7. The van der Waals surface area contributed by atoms with Crippen LogP contribution in [0.5, 0.6) is 23.0 Å². The number of rotatable bonds is 8. The first-order valence-electron chi connectivity index (χ1n) is 7.86. The van der Waals surface area contributed by atoms with Gasteiger partial charge in [0.25, 0.3) is 5.91 Å². The molecule has 1 N–H and O–H groups in total. The summed E-state index contributed by atoms with van der Waals surface area (Å²) in [6.45, 7) is -0.285. The molecule has 0 saturated heterocycles. The van der Waals surface area contributed by atoms with Crippen LogP contribution < -0.4 is 24.4 Å². The van der Waals surface area contributed by atoms with Gasteiger partial charge in [0.15, 0.2) is 6.61 Å². The van der Waals surface area contributed by atoms with E-state index in [9.17, 15) is 4.79 Å². The second-order valence-corrected chi connectivity index (χ2v) is 5.14. The maximum Gasteiger partial charge on any atom is 0.277 e. The van der Waals surface area contributed by atoms with Gasteiger partial charge >= 0.3 is 0 Å². The lowest BCUT2D eigenvalue weighted by Crippen LogP contribution is -2.24. The van der Waals surface area contributed by atoms with Crippen molar-refractivity contribution in [1.29, 1.82) is 5.26 Å². The van der Waals surface area contributed by atoms with Gasteiger partial charge < -0.3 is 18.9 Å². The minimum Gasteiger partial charge on any atom is -0.496 e. The molecule has 0 atom stereocenters.